The van der Waals surface area contributed by atoms with Crippen LogP contribution in [0, 0.1) is 6.92 Å². The maximum Gasteiger partial charge on any atom is 0.271 e. The molecule has 1 saturated heterocycles. The van der Waals surface area contributed by atoms with Crippen molar-refractivity contribution in [1.29, 1.82) is 0 Å². The van der Waals surface area contributed by atoms with E-state index in [4.69, 9.17) is 4.74 Å². The van der Waals surface area contributed by atoms with Crippen LogP contribution in [0.15, 0.2) is 36.4 Å². The Morgan fingerprint density at radius 3 is 2.60 bits per heavy atom. The maximum absolute atomic E-state index is 12.4. The molecular formula is C19H26N4O2. The number of morpholine rings is 1. The van der Waals surface area contributed by atoms with E-state index in [2.05, 4.69) is 29.2 Å². The smallest absolute Gasteiger partial charge is 0.271 e. The molecule has 2 unspecified atom stereocenters. The highest BCUT2D eigenvalue weighted by molar-refractivity contribution is 5.92. The Bertz CT molecular complexity index is 703. The Morgan fingerprint density at radius 1 is 1.24 bits per heavy atom. The first-order valence-electron chi connectivity index (χ1n) is 8.81. The zero-order chi connectivity index (χ0) is 17.8. The van der Waals surface area contributed by atoms with Crippen LogP contribution in [-0.2, 0) is 4.74 Å². The SMILES string of the molecule is Cc1cc(C(=O)NCCN2CC(C)OC(C)C2)nn1-c1ccccc1. The number of nitrogens with one attached hydrogen (secondary N) is 1. The van der Waals surface area contributed by atoms with Crippen LogP contribution in [0.3, 0.4) is 0 Å². The maximum atomic E-state index is 12.4. The number of aromatic nitrogens is 2. The lowest BCUT2D eigenvalue weighted by Crippen LogP contribution is -2.47. The van der Waals surface area contributed by atoms with Gasteiger partial charge in [0.1, 0.15) is 0 Å². The van der Waals surface area contributed by atoms with Gasteiger partial charge >= 0.3 is 0 Å². The average Bonchev–Trinajstić information content (AvgIpc) is 2.97. The summed E-state index contributed by atoms with van der Waals surface area (Å²) < 4.78 is 7.52. The summed E-state index contributed by atoms with van der Waals surface area (Å²) in [5.74, 6) is -0.132. The molecule has 1 aliphatic rings. The van der Waals surface area contributed by atoms with Crippen molar-refractivity contribution in [3.05, 3.63) is 47.8 Å². The summed E-state index contributed by atoms with van der Waals surface area (Å²) in [7, 11) is 0. The average molecular weight is 342 g/mol. The normalized spacial score (nSPS) is 21.2. The molecule has 0 spiro atoms. The second-order valence-electron chi connectivity index (χ2n) is 6.69. The number of rotatable bonds is 5. The van der Waals surface area contributed by atoms with Crippen LogP contribution in [-0.4, -0.2) is 59.0 Å². The van der Waals surface area contributed by atoms with Crippen LogP contribution in [0.5, 0.6) is 0 Å². The zero-order valence-corrected chi connectivity index (χ0v) is 15.1. The number of benzene rings is 1. The molecule has 0 radical (unpaired) electrons. The Morgan fingerprint density at radius 2 is 1.92 bits per heavy atom. The molecule has 25 heavy (non-hydrogen) atoms. The van der Waals surface area contributed by atoms with E-state index < -0.39 is 0 Å². The number of ether oxygens (including phenoxy) is 1. The van der Waals surface area contributed by atoms with Crippen molar-refractivity contribution < 1.29 is 9.53 Å². The van der Waals surface area contributed by atoms with E-state index in [1.54, 1.807) is 4.68 Å². The van der Waals surface area contributed by atoms with Gasteiger partial charge in [-0.1, -0.05) is 18.2 Å². The van der Waals surface area contributed by atoms with Gasteiger partial charge in [0.15, 0.2) is 5.69 Å². The molecule has 1 fully saturated rings. The molecule has 2 atom stereocenters. The minimum atomic E-state index is -0.132. The number of hydrogen-bond acceptors (Lipinski definition) is 4. The second kappa shape index (κ2) is 7.80. The van der Waals surface area contributed by atoms with E-state index in [0.717, 1.165) is 31.0 Å². The number of carbonyl (C=O) groups is 1. The molecule has 6 heteroatoms. The van der Waals surface area contributed by atoms with E-state index in [1.165, 1.54) is 0 Å². The third kappa shape index (κ3) is 4.46. The van der Waals surface area contributed by atoms with Gasteiger partial charge in [-0.05, 0) is 39.0 Å². The topological polar surface area (TPSA) is 59.4 Å². The molecule has 1 aliphatic heterocycles. The third-order valence-electron chi connectivity index (χ3n) is 4.33. The summed E-state index contributed by atoms with van der Waals surface area (Å²) in [4.78, 5) is 14.7. The number of amides is 1. The largest absolute Gasteiger partial charge is 0.373 e. The lowest BCUT2D eigenvalue weighted by atomic mass is 10.2. The first kappa shape index (κ1) is 17.6. The second-order valence-corrected chi connectivity index (χ2v) is 6.69. The highest BCUT2D eigenvalue weighted by atomic mass is 16.5. The molecular weight excluding hydrogens is 316 g/mol. The fraction of sp³-hybridized carbons (Fsp3) is 0.474. The fourth-order valence-corrected chi connectivity index (χ4v) is 3.30. The lowest BCUT2D eigenvalue weighted by Gasteiger charge is -2.35. The van der Waals surface area contributed by atoms with E-state index in [9.17, 15) is 4.79 Å². The summed E-state index contributed by atoms with van der Waals surface area (Å²) in [6.45, 7) is 9.36. The quantitative estimate of drug-likeness (QED) is 0.903. The van der Waals surface area contributed by atoms with Crippen molar-refractivity contribution >= 4 is 5.91 Å². The first-order valence-corrected chi connectivity index (χ1v) is 8.81. The van der Waals surface area contributed by atoms with Gasteiger partial charge in [-0.25, -0.2) is 4.68 Å². The fourth-order valence-electron chi connectivity index (χ4n) is 3.30. The Labute approximate surface area is 148 Å². The van der Waals surface area contributed by atoms with Crippen molar-refractivity contribution in [3.63, 3.8) is 0 Å². The molecule has 2 heterocycles. The summed E-state index contributed by atoms with van der Waals surface area (Å²) >= 11 is 0. The highest BCUT2D eigenvalue weighted by Crippen LogP contribution is 2.12. The summed E-state index contributed by atoms with van der Waals surface area (Å²) in [5, 5.41) is 7.41. The van der Waals surface area contributed by atoms with Gasteiger partial charge < -0.3 is 10.1 Å². The number of carbonyl (C=O) groups excluding carboxylic acids is 1. The Kier molecular flexibility index (Phi) is 5.50. The summed E-state index contributed by atoms with van der Waals surface area (Å²) in [5.41, 5.74) is 2.34. The molecule has 1 aromatic carbocycles. The van der Waals surface area contributed by atoms with E-state index in [1.807, 2.05) is 43.3 Å². The van der Waals surface area contributed by atoms with Crippen molar-refractivity contribution in [1.82, 2.24) is 20.0 Å². The minimum Gasteiger partial charge on any atom is -0.373 e. The number of hydrogen-bond donors (Lipinski definition) is 1. The number of nitrogens with zero attached hydrogens (tertiary/aromatic N) is 3. The lowest BCUT2D eigenvalue weighted by molar-refractivity contribution is -0.0672. The van der Waals surface area contributed by atoms with Crippen molar-refractivity contribution in [3.8, 4) is 5.69 Å². The molecule has 2 aromatic rings. The summed E-state index contributed by atoms with van der Waals surface area (Å²) in [6.07, 6.45) is 0.479. The van der Waals surface area contributed by atoms with Crippen LogP contribution in [0.25, 0.3) is 5.69 Å². The molecule has 1 aromatic heterocycles. The highest BCUT2D eigenvalue weighted by Gasteiger charge is 2.22. The molecule has 1 N–H and O–H groups in total. The molecule has 6 nitrogen and oxygen atoms in total. The minimum absolute atomic E-state index is 0.132. The van der Waals surface area contributed by atoms with Crippen LogP contribution >= 0.6 is 0 Å². The van der Waals surface area contributed by atoms with Crippen molar-refractivity contribution in [2.45, 2.75) is 33.0 Å². The van der Waals surface area contributed by atoms with Crippen LogP contribution in [0.4, 0.5) is 0 Å². The van der Waals surface area contributed by atoms with Crippen LogP contribution in [0.1, 0.15) is 30.0 Å². The first-order chi connectivity index (χ1) is 12.0. The Hall–Kier alpha value is -2.18. The number of aryl methyl sites for hydroxylation is 1. The van der Waals surface area contributed by atoms with Crippen molar-refractivity contribution in [2.24, 2.45) is 0 Å². The van der Waals surface area contributed by atoms with Gasteiger partial charge in [0.05, 0.1) is 17.9 Å². The van der Waals surface area contributed by atoms with Gasteiger partial charge in [0.25, 0.3) is 5.91 Å². The van der Waals surface area contributed by atoms with Gasteiger partial charge in [-0.15, -0.1) is 0 Å². The molecule has 0 bridgehead atoms. The standard InChI is InChI=1S/C19H26N4O2/c1-14-11-18(21-23(14)17-7-5-4-6-8-17)19(24)20-9-10-22-12-15(2)25-16(3)13-22/h4-8,11,15-16H,9-10,12-13H2,1-3H3,(H,20,24). The molecule has 1 amide bonds. The van der Waals surface area contributed by atoms with Crippen LogP contribution < -0.4 is 5.32 Å². The van der Waals surface area contributed by atoms with E-state index in [-0.39, 0.29) is 18.1 Å². The van der Waals surface area contributed by atoms with Gasteiger partial charge in [-0.2, -0.15) is 5.10 Å². The van der Waals surface area contributed by atoms with E-state index >= 15 is 0 Å². The molecule has 0 aliphatic carbocycles. The predicted octanol–water partition coefficient (Wildman–Crippen LogP) is 2.02. The predicted molar refractivity (Wildman–Crippen MR) is 97.1 cm³/mol. The van der Waals surface area contributed by atoms with Gasteiger partial charge in [0, 0.05) is 31.9 Å². The molecule has 3 rings (SSSR count). The van der Waals surface area contributed by atoms with Gasteiger partial charge in [-0.3, -0.25) is 9.69 Å². The van der Waals surface area contributed by atoms with Gasteiger partial charge in [0.2, 0.25) is 0 Å². The van der Waals surface area contributed by atoms with Crippen molar-refractivity contribution in [2.75, 3.05) is 26.2 Å². The monoisotopic (exact) mass is 342 g/mol. The molecule has 0 saturated carbocycles. The Balaban J connectivity index is 1.55. The zero-order valence-electron chi connectivity index (χ0n) is 15.1. The number of para-hydroxylation sites is 1. The summed E-state index contributed by atoms with van der Waals surface area (Å²) in [6, 6.07) is 11.6. The van der Waals surface area contributed by atoms with Crippen LogP contribution in [0.2, 0.25) is 0 Å². The molecule has 134 valence electrons. The van der Waals surface area contributed by atoms with E-state index in [0.29, 0.717) is 12.2 Å². The third-order valence-corrected chi connectivity index (χ3v) is 4.33.